The molecule has 0 aliphatic rings. The van der Waals surface area contributed by atoms with Gasteiger partial charge in [-0.25, -0.2) is 9.59 Å². The molecule has 3 N–H and O–H groups in total. The standard InChI is InChI=1S/C33H41N3O5/c1-33(2,3)41-32(39)35-29(21-13-20-28(40-31(34)38)22-25-14-7-4-8-15-25)30(37)36(23-26-16-9-5-10-17-26)24-27-18-11-6-12-19-27/h4-12,14-19,28-29H,13,20-24H2,1-3H3,(H2,34,38)(H,35,39)/t28?,29-/m0/s1. The lowest BCUT2D eigenvalue weighted by Gasteiger charge is -2.29. The van der Waals surface area contributed by atoms with Crippen LogP contribution >= 0.6 is 0 Å². The van der Waals surface area contributed by atoms with Gasteiger partial charge in [-0.05, 0) is 56.7 Å². The van der Waals surface area contributed by atoms with Crippen molar-refractivity contribution in [3.05, 3.63) is 108 Å². The van der Waals surface area contributed by atoms with E-state index < -0.39 is 29.9 Å². The van der Waals surface area contributed by atoms with Gasteiger partial charge in [-0.1, -0.05) is 91.0 Å². The van der Waals surface area contributed by atoms with E-state index in [2.05, 4.69) is 5.32 Å². The summed E-state index contributed by atoms with van der Waals surface area (Å²) < 4.78 is 10.9. The third-order valence-corrected chi connectivity index (χ3v) is 6.34. The summed E-state index contributed by atoms with van der Waals surface area (Å²) in [6.07, 6.45) is -0.179. The Morgan fingerprint density at radius 2 is 1.27 bits per heavy atom. The lowest BCUT2D eigenvalue weighted by atomic mass is 10.0. The van der Waals surface area contributed by atoms with Crippen LogP contribution < -0.4 is 11.1 Å². The zero-order valence-electron chi connectivity index (χ0n) is 24.1. The molecular weight excluding hydrogens is 518 g/mol. The Morgan fingerprint density at radius 3 is 1.73 bits per heavy atom. The molecule has 41 heavy (non-hydrogen) atoms. The van der Waals surface area contributed by atoms with E-state index >= 15 is 0 Å². The second-order valence-corrected chi connectivity index (χ2v) is 11.0. The van der Waals surface area contributed by atoms with Crippen molar-refractivity contribution < 1.29 is 23.9 Å². The van der Waals surface area contributed by atoms with Gasteiger partial charge in [-0.15, -0.1) is 0 Å². The fourth-order valence-electron chi connectivity index (χ4n) is 4.54. The average molecular weight is 560 g/mol. The number of hydrogen-bond donors (Lipinski definition) is 2. The first-order chi connectivity index (χ1) is 19.6. The molecule has 0 saturated carbocycles. The first-order valence-electron chi connectivity index (χ1n) is 13.9. The van der Waals surface area contributed by atoms with Crippen molar-refractivity contribution in [2.45, 2.75) is 77.3 Å². The van der Waals surface area contributed by atoms with Gasteiger partial charge in [0.2, 0.25) is 5.91 Å². The second-order valence-electron chi connectivity index (χ2n) is 11.0. The lowest BCUT2D eigenvalue weighted by Crippen LogP contribution is -2.49. The van der Waals surface area contributed by atoms with Gasteiger partial charge in [-0.2, -0.15) is 0 Å². The largest absolute Gasteiger partial charge is 0.446 e. The number of nitrogens with zero attached hydrogens (tertiary/aromatic N) is 1. The first kappa shape index (κ1) is 31.2. The predicted octanol–water partition coefficient (Wildman–Crippen LogP) is 5.99. The number of primary amides is 1. The summed E-state index contributed by atoms with van der Waals surface area (Å²) >= 11 is 0. The molecule has 0 aromatic heterocycles. The Hall–Kier alpha value is -4.33. The van der Waals surface area contributed by atoms with E-state index in [-0.39, 0.29) is 5.91 Å². The predicted molar refractivity (Wildman–Crippen MR) is 159 cm³/mol. The van der Waals surface area contributed by atoms with Crippen LogP contribution in [0.2, 0.25) is 0 Å². The molecule has 0 saturated heterocycles. The minimum absolute atomic E-state index is 0.223. The number of benzene rings is 3. The average Bonchev–Trinajstić information content (AvgIpc) is 2.92. The van der Waals surface area contributed by atoms with Gasteiger partial charge in [-0.3, -0.25) is 4.79 Å². The van der Waals surface area contributed by atoms with E-state index in [4.69, 9.17) is 15.2 Å². The Labute approximate surface area is 242 Å². The smallest absolute Gasteiger partial charge is 0.408 e. The molecule has 218 valence electrons. The molecule has 1 unspecified atom stereocenters. The van der Waals surface area contributed by atoms with Crippen molar-refractivity contribution in [1.29, 1.82) is 0 Å². The summed E-state index contributed by atoms with van der Waals surface area (Å²) in [5, 5.41) is 2.80. The molecule has 8 heteroatoms. The van der Waals surface area contributed by atoms with Gasteiger partial charge >= 0.3 is 12.2 Å². The zero-order valence-corrected chi connectivity index (χ0v) is 24.1. The number of carbonyl (C=O) groups excluding carboxylic acids is 3. The Balaban J connectivity index is 1.79. The molecule has 0 fully saturated rings. The number of nitrogens with two attached hydrogens (primary N) is 1. The van der Waals surface area contributed by atoms with Gasteiger partial charge in [0.1, 0.15) is 17.7 Å². The van der Waals surface area contributed by atoms with Crippen LogP contribution in [0.5, 0.6) is 0 Å². The third-order valence-electron chi connectivity index (χ3n) is 6.34. The minimum Gasteiger partial charge on any atom is -0.446 e. The highest BCUT2D eigenvalue weighted by Crippen LogP contribution is 2.18. The van der Waals surface area contributed by atoms with Gasteiger partial charge in [0.25, 0.3) is 0 Å². The summed E-state index contributed by atoms with van der Waals surface area (Å²) in [5.74, 6) is -0.223. The van der Waals surface area contributed by atoms with Gasteiger partial charge in [0, 0.05) is 19.5 Å². The quantitative estimate of drug-likeness (QED) is 0.267. The summed E-state index contributed by atoms with van der Waals surface area (Å²) in [6, 6.07) is 28.3. The maximum Gasteiger partial charge on any atom is 0.408 e. The van der Waals surface area contributed by atoms with Gasteiger partial charge in [0.15, 0.2) is 0 Å². The SMILES string of the molecule is CC(C)(C)OC(=O)N[C@@H](CCCC(Cc1ccccc1)OC(N)=O)C(=O)N(Cc1ccccc1)Cc1ccccc1. The number of ether oxygens (including phenoxy) is 2. The van der Waals surface area contributed by atoms with Crippen molar-refractivity contribution in [2.75, 3.05) is 0 Å². The number of nitrogens with one attached hydrogen (secondary N) is 1. The van der Waals surface area contributed by atoms with Crippen LogP contribution in [-0.2, 0) is 33.8 Å². The molecule has 0 aliphatic heterocycles. The lowest BCUT2D eigenvalue weighted by molar-refractivity contribution is -0.135. The second kappa shape index (κ2) is 15.5. The number of amides is 3. The highest BCUT2D eigenvalue weighted by Gasteiger charge is 2.29. The maximum absolute atomic E-state index is 14.0. The zero-order chi connectivity index (χ0) is 29.7. The van der Waals surface area contributed by atoms with Crippen LogP contribution in [0.1, 0.15) is 56.7 Å². The molecule has 0 radical (unpaired) electrons. The molecule has 3 aromatic rings. The van der Waals surface area contributed by atoms with Crippen LogP contribution in [0.15, 0.2) is 91.0 Å². The van der Waals surface area contributed by atoms with Crippen LogP contribution in [0, 0.1) is 0 Å². The summed E-state index contributed by atoms with van der Waals surface area (Å²) in [7, 11) is 0. The van der Waals surface area contributed by atoms with Crippen molar-refractivity contribution in [3.8, 4) is 0 Å². The van der Waals surface area contributed by atoms with E-state index in [0.29, 0.717) is 38.8 Å². The molecule has 0 heterocycles. The molecule has 3 rings (SSSR count). The van der Waals surface area contributed by atoms with Crippen LogP contribution in [-0.4, -0.2) is 40.7 Å². The number of hydrogen-bond acceptors (Lipinski definition) is 5. The fraction of sp³-hybridized carbons (Fsp3) is 0.364. The van der Waals surface area contributed by atoms with Gasteiger partial charge < -0.3 is 25.4 Å². The molecule has 2 atom stereocenters. The number of alkyl carbamates (subject to hydrolysis) is 1. The normalized spacial score (nSPS) is 12.6. The molecule has 3 amide bonds. The maximum atomic E-state index is 14.0. The molecule has 0 bridgehead atoms. The third kappa shape index (κ3) is 11.7. The van der Waals surface area contributed by atoms with Crippen molar-refractivity contribution in [3.63, 3.8) is 0 Å². The number of carbonyl (C=O) groups is 3. The van der Waals surface area contributed by atoms with Crippen LogP contribution in [0.25, 0.3) is 0 Å². The summed E-state index contributed by atoms with van der Waals surface area (Å²) in [4.78, 5) is 40.2. The van der Waals surface area contributed by atoms with E-state index in [9.17, 15) is 14.4 Å². The molecular formula is C33H41N3O5. The van der Waals surface area contributed by atoms with E-state index in [1.165, 1.54) is 0 Å². The highest BCUT2D eigenvalue weighted by atomic mass is 16.6. The fourth-order valence-corrected chi connectivity index (χ4v) is 4.54. The van der Waals surface area contributed by atoms with E-state index in [1.807, 2.05) is 91.0 Å². The topological polar surface area (TPSA) is 111 Å². The van der Waals surface area contributed by atoms with Crippen LogP contribution in [0.3, 0.4) is 0 Å². The monoisotopic (exact) mass is 559 g/mol. The Bertz CT molecular complexity index is 1190. The van der Waals surface area contributed by atoms with E-state index in [1.54, 1.807) is 25.7 Å². The van der Waals surface area contributed by atoms with Crippen molar-refractivity contribution in [2.24, 2.45) is 5.73 Å². The Kier molecular flexibility index (Phi) is 11.8. The van der Waals surface area contributed by atoms with Crippen molar-refractivity contribution in [1.82, 2.24) is 10.2 Å². The van der Waals surface area contributed by atoms with E-state index in [0.717, 1.165) is 16.7 Å². The highest BCUT2D eigenvalue weighted by molar-refractivity contribution is 5.85. The molecule has 8 nitrogen and oxygen atoms in total. The van der Waals surface area contributed by atoms with Crippen LogP contribution in [0.4, 0.5) is 9.59 Å². The Morgan fingerprint density at radius 1 is 0.780 bits per heavy atom. The molecule has 0 spiro atoms. The molecule has 3 aromatic carbocycles. The summed E-state index contributed by atoms with van der Waals surface area (Å²) in [6.45, 7) is 6.08. The number of rotatable bonds is 13. The minimum atomic E-state index is -0.845. The van der Waals surface area contributed by atoms with Gasteiger partial charge in [0.05, 0.1) is 0 Å². The molecule has 0 aliphatic carbocycles. The summed E-state index contributed by atoms with van der Waals surface area (Å²) in [5.41, 5.74) is 7.59. The first-order valence-corrected chi connectivity index (χ1v) is 13.9. The van der Waals surface area contributed by atoms with Crippen molar-refractivity contribution >= 4 is 18.1 Å².